The predicted molar refractivity (Wildman–Crippen MR) is 125 cm³/mol. The monoisotopic (exact) mass is 444 g/mol. The summed E-state index contributed by atoms with van der Waals surface area (Å²) in [6, 6.07) is 12.8. The maximum atomic E-state index is 12.3. The molecule has 3 rings (SSSR count). The van der Waals surface area contributed by atoms with Crippen molar-refractivity contribution >= 4 is 46.2 Å². The molecular weight excluding hydrogens is 420 g/mol. The normalized spacial score (nSPS) is 16.2. The number of hydrogen-bond donors (Lipinski definition) is 1. The Labute approximate surface area is 186 Å². The first-order valence-electron chi connectivity index (χ1n) is 9.95. The van der Waals surface area contributed by atoms with Crippen LogP contribution in [0.1, 0.15) is 38.2 Å². The Morgan fingerprint density at radius 1 is 1.10 bits per heavy atom. The highest BCUT2D eigenvalue weighted by atomic mass is 35.5. The molecule has 1 saturated heterocycles. The lowest BCUT2D eigenvalue weighted by Crippen LogP contribution is -2.19. The molecule has 1 fully saturated rings. The number of amidine groups is 1. The second-order valence-electron chi connectivity index (χ2n) is 6.78. The van der Waals surface area contributed by atoms with Gasteiger partial charge in [-0.2, -0.15) is 0 Å². The third-order valence-corrected chi connectivity index (χ3v) is 5.61. The maximum Gasteiger partial charge on any atom is 0.264 e. The van der Waals surface area contributed by atoms with Crippen LogP contribution in [-0.4, -0.2) is 24.8 Å². The summed E-state index contributed by atoms with van der Waals surface area (Å²) < 4.78 is 11.3. The van der Waals surface area contributed by atoms with Crippen molar-refractivity contribution in [2.24, 2.45) is 4.99 Å². The summed E-state index contributed by atoms with van der Waals surface area (Å²) in [4.78, 5) is 17.3. The van der Waals surface area contributed by atoms with Gasteiger partial charge in [0.25, 0.3) is 5.91 Å². The van der Waals surface area contributed by atoms with E-state index in [1.54, 1.807) is 31.4 Å². The highest BCUT2D eigenvalue weighted by Gasteiger charge is 2.24. The molecule has 0 aliphatic carbocycles. The minimum absolute atomic E-state index is 0.178. The van der Waals surface area contributed by atoms with Crippen molar-refractivity contribution in [3.63, 3.8) is 0 Å². The van der Waals surface area contributed by atoms with Crippen molar-refractivity contribution in [2.75, 3.05) is 13.7 Å². The summed E-state index contributed by atoms with van der Waals surface area (Å²) in [6.45, 7) is 2.85. The first-order chi connectivity index (χ1) is 14.6. The number of unbranched alkanes of at least 4 members (excludes halogenated alkanes) is 3. The van der Waals surface area contributed by atoms with Crippen molar-refractivity contribution in [3.8, 4) is 11.5 Å². The smallest absolute Gasteiger partial charge is 0.264 e. The number of nitrogens with one attached hydrogen (secondary N) is 1. The minimum atomic E-state index is -0.178. The zero-order valence-corrected chi connectivity index (χ0v) is 18.7. The van der Waals surface area contributed by atoms with Gasteiger partial charge in [-0.15, -0.1) is 0 Å². The Morgan fingerprint density at radius 2 is 1.90 bits per heavy atom. The molecule has 0 unspecified atom stereocenters. The van der Waals surface area contributed by atoms with E-state index < -0.39 is 0 Å². The van der Waals surface area contributed by atoms with Gasteiger partial charge in [0.2, 0.25) is 0 Å². The summed E-state index contributed by atoms with van der Waals surface area (Å²) in [5.41, 5.74) is 1.58. The van der Waals surface area contributed by atoms with Crippen molar-refractivity contribution in [3.05, 3.63) is 58.0 Å². The number of rotatable bonds is 9. The largest absolute Gasteiger partial charge is 0.493 e. The number of halogens is 1. The number of thioether (sulfide) groups is 1. The van der Waals surface area contributed by atoms with E-state index in [4.69, 9.17) is 21.1 Å². The fourth-order valence-electron chi connectivity index (χ4n) is 2.87. The molecule has 1 N–H and O–H groups in total. The molecule has 1 aliphatic rings. The number of ether oxygens (including phenoxy) is 2. The SMILES string of the molecule is CCCCCCOc1ccc(/C=C2/SC(=Nc3ccc(Cl)cc3)NC2=O)cc1OC. The van der Waals surface area contributed by atoms with Crippen molar-refractivity contribution in [2.45, 2.75) is 32.6 Å². The molecule has 1 amide bonds. The average Bonchev–Trinajstić information content (AvgIpc) is 3.08. The van der Waals surface area contributed by atoms with Crippen LogP contribution in [0.4, 0.5) is 5.69 Å². The predicted octanol–water partition coefficient (Wildman–Crippen LogP) is 6.20. The summed E-state index contributed by atoms with van der Waals surface area (Å²) in [5, 5.41) is 3.97. The van der Waals surface area contributed by atoms with Gasteiger partial charge in [-0.1, -0.05) is 43.9 Å². The Bertz CT molecular complexity index is 942. The molecule has 1 heterocycles. The number of hydrogen-bond acceptors (Lipinski definition) is 5. The maximum absolute atomic E-state index is 12.3. The Balaban J connectivity index is 1.68. The molecule has 158 valence electrons. The quantitative estimate of drug-likeness (QED) is 0.369. The highest BCUT2D eigenvalue weighted by molar-refractivity contribution is 8.18. The van der Waals surface area contributed by atoms with E-state index in [0.29, 0.717) is 33.2 Å². The molecule has 5 nitrogen and oxygen atoms in total. The Kier molecular flexibility index (Phi) is 8.22. The number of aliphatic imine (C=N–C) groups is 1. The Morgan fingerprint density at radius 3 is 2.63 bits per heavy atom. The van der Waals surface area contributed by atoms with Gasteiger partial charge in [0.05, 0.1) is 24.3 Å². The van der Waals surface area contributed by atoms with Gasteiger partial charge in [0, 0.05) is 5.02 Å². The van der Waals surface area contributed by atoms with Crippen molar-refractivity contribution in [1.29, 1.82) is 0 Å². The standard InChI is InChI=1S/C23H25ClN2O3S/c1-3-4-5-6-13-29-19-12-7-16(14-20(19)28-2)15-21-22(27)26-23(30-21)25-18-10-8-17(24)9-11-18/h7-12,14-15H,3-6,13H2,1-2H3,(H,25,26,27)/b21-15+. The zero-order valence-electron chi connectivity index (χ0n) is 17.1. The zero-order chi connectivity index (χ0) is 21.3. The van der Waals surface area contributed by atoms with Crippen LogP contribution >= 0.6 is 23.4 Å². The van der Waals surface area contributed by atoms with Crippen molar-refractivity contribution < 1.29 is 14.3 Å². The van der Waals surface area contributed by atoms with Gasteiger partial charge < -0.3 is 14.8 Å². The molecule has 2 aromatic rings. The number of benzene rings is 2. The molecule has 30 heavy (non-hydrogen) atoms. The topological polar surface area (TPSA) is 59.9 Å². The number of carbonyl (C=O) groups is 1. The molecule has 0 saturated carbocycles. The van der Waals surface area contributed by atoms with Crippen LogP contribution in [0.25, 0.3) is 6.08 Å². The first kappa shape index (κ1) is 22.2. The van der Waals surface area contributed by atoms with Crippen LogP contribution in [0.2, 0.25) is 5.02 Å². The summed E-state index contributed by atoms with van der Waals surface area (Å²) in [5.74, 6) is 1.19. The fraction of sp³-hybridized carbons (Fsp3) is 0.304. The molecule has 0 atom stereocenters. The van der Waals surface area contributed by atoms with Gasteiger partial charge in [-0.25, -0.2) is 4.99 Å². The van der Waals surface area contributed by atoms with Crippen molar-refractivity contribution in [1.82, 2.24) is 5.32 Å². The van der Waals surface area contributed by atoms with Crippen LogP contribution in [0, 0.1) is 0 Å². The third-order valence-electron chi connectivity index (χ3n) is 4.45. The van der Waals surface area contributed by atoms with Gasteiger partial charge in [-0.3, -0.25) is 4.79 Å². The number of methoxy groups -OCH3 is 1. The fourth-order valence-corrected chi connectivity index (χ4v) is 3.84. The van der Waals surface area contributed by atoms with E-state index in [-0.39, 0.29) is 5.91 Å². The van der Waals surface area contributed by atoms with Gasteiger partial charge in [0.15, 0.2) is 16.7 Å². The van der Waals surface area contributed by atoms with E-state index >= 15 is 0 Å². The second kappa shape index (κ2) is 11.1. The van der Waals surface area contributed by atoms with Crippen LogP contribution < -0.4 is 14.8 Å². The van der Waals surface area contributed by atoms with Gasteiger partial charge in [-0.05, 0) is 66.2 Å². The lowest BCUT2D eigenvalue weighted by Gasteiger charge is -2.11. The summed E-state index contributed by atoms with van der Waals surface area (Å²) >= 11 is 7.19. The Hall–Kier alpha value is -2.44. The lowest BCUT2D eigenvalue weighted by molar-refractivity contribution is -0.115. The van der Waals surface area contributed by atoms with Crippen LogP contribution in [0.5, 0.6) is 11.5 Å². The first-order valence-corrected chi connectivity index (χ1v) is 11.1. The molecule has 0 aromatic heterocycles. The molecule has 1 aliphatic heterocycles. The van der Waals surface area contributed by atoms with Crippen LogP contribution in [0.15, 0.2) is 52.4 Å². The molecular formula is C23H25ClN2O3S. The average molecular weight is 445 g/mol. The molecule has 7 heteroatoms. The minimum Gasteiger partial charge on any atom is -0.493 e. The van der Waals surface area contributed by atoms with Gasteiger partial charge >= 0.3 is 0 Å². The van der Waals surface area contributed by atoms with Crippen LogP contribution in [-0.2, 0) is 4.79 Å². The molecule has 2 aromatic carbocycles. The summed E-state index contributed by atoms with van der Waals surface area (Å²) in [7, 11) is 1.62. The van der Waals surface area contributed by atoms with E-state index in [9.17, 15) is 4.79 Å². The van der Waals surface area contributed by atoms with E-state index in [1.165, 1.54) is 24.6 Å². The molecule has 0 spiro atoms. The number of carbonyl (C=O) groups excluding carboxylic acids is 1. The second-order valence-corrected chi connectivity index (χ2v) is 8.24. The van der Waals surface area contributed by atoms with Gasteiger partial charge in [0.1, 0.15) is 0 Å². The number of amides is 1. The van der Waals surface area contributed by atoms with Crippen LogP contribution in [0.3, 0.4) is 0 Å². The molecule has 0 radical (unpaired) electrons. The van der Waals surface area contributed by atoms with E-state index in [0.717, 1.165) is 24.1 Å². The third kappa shape index (κ3) is 6.28. The summed E-state index contributed by atoms with van der Waals surface area (Å²) in [6.07, 6.45) is 6.42. The molecule has 0 bridgehead atoms. The van der Waals surface area contributed by atoms with E-state index in [2.05, 4.69) is 17.2 Å². The van der Waals surface area contributed by atoms with E-state index in [1.807, 2.05) is 24.3 Å². The lowest BCUT2D eigenvalue weighted by atomic mass is 10.2. The number of nitrogens with zero attached hydrogens (tertiary/aromatic N) is 1. The highest BCUT2D eigenvalue weighted by Crippen LogP contribution is 2.32.